The van der Waals surface area contributed by atoms with Gasteiger partial charge >= 0.3 is 0 Å². The molecule has 5 heteroatoms. The van der Waals surface area contributed by atoms with Crippen LogP contribution in [0, 0.1) is 11.6 Å². The average molecular weight is 391 g/mol. The van der Waals surface area contributed by atoms with Crippen molar-refractivity contribution in [2.45, 2.75) is 12.5 Å². The maximum Gasteiger partial charge on any atom is 0.124 e. The second-order valence-corrected chi connectivity index (χ2v) is 6.02. The topological polar surface area (TPSA) is 26.0 Å². The van der Waals surface area contributed by atoms with Crippen molar-refractivity contribution >= 4 is 31.9 Å². The smallest absolute Gasteiger partial charge is 0.124 e. The fourth-order valence-electron chi connectivity index (χ4n) is 1.89. The largest absolute Gasteiger partial charge is 0.324 e. The number of halogens is 4. The fraction of sp³-hybridized carbons (Fsp3) is 0.143. The molecule has 1 nitrogen and oxygen atoms in total. The first kappa shape index (κ1) is 14.6. The molecule has 0 aromatic heterocycles. The highest BCUT2D eigenvalue weighted by Crippen LogP contribution is 2.26. The van der Waals surface area contributed by atoms with Crippen molar-refractivity contribution in [2.75, 3.05) is 0 Å². The van der Waals surface area contributed by atoms with E-state index in [-0.39, 0.29) is 17.7 Å². The number of hydrogen-bond donors (Lipinski definition) is 1. The van der Waals surface area contributed by atoms with Gasteiger partial charge in [-0.25, -0.2) is 8.78 Å². The molecular formula is C14H11Br2F2N. The molecule has 0 spiro atoms. The molecule has 2 rings (SSSR count). The van der Waals surface area contributed by atoms with Gasteiger partial charge in [-0.2, -0.15) is 0 Å². The van der Waals surface area contributed by atoms with E-state index in [1.165, 1.54) is 24.3 Å². The third-order valence-electron chi connectivity index (χ3n) is 2.74. The van der Waals surface area contributed by atoms with E-state index in [4.69, 9.17) is 5.73 Å². The van der Waals surface area contributed by atoms with E-state index < -0.39 is 0 Å². The summed E-state index contributed by atoms with van der Waals surface area (Å²) >= 11 is 6.53. The van der Waals surface area contributed by atoms with E-state index in [0.29, 0.717) is 15.4 Å². The molecular weight excluding hydrogens is 380 g/mol. The molecule has 0 radical (unpaired) electrons. The first-order chi connectivity index (χ1) is 8.95. The Morgan fingerprint density at radius 3 is 2.37 bits per heavy atom. The van der Waals surface area contributed by atoms with Gasteiger partial charge in [0.05, 0.1) is 0 Å². The zero-order valence-corrected chi connectivity index (χ0v) is 13.0. The molecule has 0 bridgehead atoms. The minimum absolute atomic E-state index is 0.310. The third-order valence-corrected chi connectivity index (χ3v) is 3.88. The Labute approximate surface area is 127 Å². The number of rotatable bonds is 3. The summed E-state index contributed by atoms with van der Waals surface area (Å²) in [6.07, 6.45) is 0.473. The highest BCUT2D eigenvalue weighted by Gasteiger charge is 2.12. The average Bonchev–Trinajstić information content (AvgIpc) is 2.26. The van der Waals surface area contributed by atoms with Crippen molar-refractivity contribution in [1.29, 1.82) is 0 Å². The van der Waals surface area contributed by atoms with Crippen molar-refractivity contribution in [3.8, 4) is 0 Å². The molecule has 0 saturated heterocycles. The molecule has 2 N–H and O–H groups in total. The Hall–Kier alpha value is -0.780. The van der Waals surface area contributed by atoms with Crippen LogP contribution in [0.25, 0.3) is 0 Å². The summed E-state index contributed by atoms with van der Waals surface area (Å²) < 4.78 is 27.6. The van der Waals surface area contributed by atoms with Gasteiger partial charge in [-0.05, 0) is 47.9 Å². The van der Waals surface area contributed by atoms with Crippen LogP contribution < -0.4 is 5.73 Å². The van der Waals surface area contributed by atoms with Gasteiger partial charge in [0.15, 0.2) is 0 Å². The summed E-state index contributed by atoms with van der Waals surface area (Å²) in [7, 11) is 0. The van der Waals surface area contributed by atoms with Crippen molar-refractivity contribution in [3.05, 3.63) is 68.1 Å². The van der Waals surface area contributed by atoms with Crippen LogP contribution in [0.5, 0.6) is 0 Å². The Kier molecular flexibility index (Phi) is 4.71. The molecule has 0 fully saturated rings. The second-order valence-electron chi connectivity index (χ2n) is 4.25. The first-order valence-corrected chi connectivity index (χ1v) is 7.20. The van der Waals surface area contributed by atoms with Crippen molar-refractivity contribution in [2.24, 2.45) is 5.73 Å². The molecule has 0 heterocycles. The molecule has 2 aromatic carbocycles. The molecule has 2 aromatic rings. The minimum atomic E-state index is -0.330. The highest BCUT2D eigenvalue weighted by atomic mass is 79.9. The predicted molar refractivity (Wildman–Crippen MR) is 78.8 cm³/mol. The summed E-state index contributed by atoms with van der Waals surface area (Å²) in [5.74, 6) is -0.633. The molecule has 0 aliphatic heterocycles. The van der Waals surface area contributed by atoms with Gasteiger partial charge in [0, 0.05) is 15.0 Å². The summed E-state index contributed by atoms with van der Waals surface area (Å²) in [5.41, 5.74) is 7.67. The van der Waals surface area contributed by atoms with Crippen molar-refractivity contribution < 1.29 is 8.78 Å². The summed E-state index contributed by atoms with van der Waals surface area (Å²) in [5, 5.41) is 0. The molecule has 100 valence electrons. The SMILES string of the molecule is NC(Cc1cc(F)cc(Br)c1)c1ccc(F)cc1Br. The zero-order chi connectivity index (χ0) is 14.0. The lowest BCUT2D eigenvalue weighted by molar-refractivity contribution is 0.618. The lowest BCUT2D eigenvalue weighted by Gasteiger charge is -2.14. The minimum Gasteiger partial charge on any atom is -0.324 e. The van der Waals surface area contributed by atoms with E-state index in [2.05, 4.69) is 31.9 Å². The van der Waals surface area contributed by atoms with Crippen LogP contribution in [0.2, 0.25) is 0 Å². The first-order valence-electron chi connectivity index (χ1n) is 5.61. The maximum absolute atomic E-state index is 13.3. The summed E-state index contributed by atoms with van der Waals surface area (Å²) in [6.45, 7) is 0. The van der Waals surface area contributed by atoms with Crippen LogP contribution in [-0.4, -0.2) is 0 Å². The highest BCUT2D eigenvalue weighted by molar-refractivity contribution is 9.10. The van der Waals surface area contributed by atoms with Crippen molar-refractivity contribution in [1.82, 2.24) is 0 Å². The third kappa shape index (κ3) is 3.84. The number of hydrogen-bond acceptors (Lipinski definition) is 1. The van der Waals surface area contributed by atoms with Gasteiger partial charge in [-0.1, -0.05) is 37.9 Å². The number of benzene rings is 2. The van der Waals surface area contributed by atoms with Crippen molar-refractivity contribution in [3.63, 3.8) is 0 Å². The Morgan fingerprint density at radius 2 is 1.74 bits per heavy atom. The van der Waals surface area contributed by atoms with Crippen LogP contribution in [-0.2, 0) is 6.42 Å². The lowest BCUT2D eigenvalue weighted by Crippen LogP contribution is -2.14. The van der Waals surface area contributed by atoms with Gasteiger partial charge in [0.1, 0.15) is 11.6 Å². The second kappa shape index (κ2) is 6.11. The van der Waals surface area contributed by atoms with E-state index in [0.717, 1.165) is 11.1 Å². The molecule has 0 aliphatic carbocycles. The lowest BCUT2D eigenvalue weighted by atomic mass is 10.00. The zero-order valence-electron chi connectivity index (χ0n) is 9.84. The Morgan fingerprint density at radius 1 is 1.00 bits per heavy atom. The van der Waals surface area contributed by atoms with Crippen LogP contribution in [0.4, 0.5) is 8.78 Å². The maximum atomic E-state index is 13.3. The molecule has 1 unspecified atom stereocenters. The van der Waals surface area contributed by atoms with E-state index in [1.807, 2.05) is 6.07 Å². The Bertz CT molecular complexity index is 582. The van der Waals surface area contributed by atoms with Gasteiger partial charge in [0.2, 0.25) is 0 Å². The van der Waals surface area contributed by atoms with Gasteiger partial charge in [0.25, 0.3) is 0 Å². The fourth-order valence-corrected chi connectivity index (χ4v) is 3.05. The predicted octanol–water partition coefficient (Wildman–Crippen LogP) is 4.73. The van der Waals surface area contributed by atoms with Crippen LogP contribution in [0.1, 0.15) is 17.2 Å². The van der Waals surface area contributed by atoms with E-state index in [9.17, 15) is 8.78 Å². The van der Waals surface area contributed by atoms with Crippen LogP contribution in [0.3, 0.4) is 0 Å². The normalized spacial score (nSPS) is 12.5. The van der Waals surface area contributed by atoms with E-state index in [1.54, 1.807) is 6.07 Å². The molecule has 0 saturated carbocycles. The summed E-state index contributed by atoms with van der Waals surface area (Å²) in [4.78, 5) is 0. The van der Waals surface area contributed by atoms with Crippen LogP contribution in [0.15, 0.2) is 45.3 Å². The Balaban J connectivity index is 2.22. The quantitative estimate of drug-likeness (QED) is 0.805. The van der Waals surface area contributed by atoms with Crippen LogP contribution >= 0.6 is 31.9 Å². The van der Waals surface area contributed by atoms with Gasteiger partial charge < -0.3 is 5.73 Å². The van der Waals surface area contributed by atoms with E-state index >= 15 is 0 Å². The van der Waals surface area contributed by atoms with Gasteiger partial charge in [-0.3, -0.25) is 0 Å². The number of nitrogens with two attached hydrogens (primary N) is 1. The molecule has 1 atom stereocenters. The van der Waals surface area contributed by atoms with Gasteiger partial charge in [-0.15, -0.1) is 0 Å². The monoisotopic (exact) mass is 389 g/mol. The molecule has 0 amide bonds. The molecule has 0 aliphatic rings. The summed E-state index contributed by atoms with van der Waals surface area (Å²) in [6, 6.07) is 8.70. The standard InChI is InChI=1S/C14H11Br2F2N/c15-9-3-8(4-11(18)6-9)5-14(19)12-2-1-10(17)7-13(12)16/h1-4,6-7,14H,5,19H2. The molecule has 19 heavy (non-hydrogen) atoms.